The number of sulfone groups is 1. The Hall–Kier alpha value is -1.46. The molecule has 5 saturated heterocycles. The number of carbonyl (C=O) groups excluding carboxylic acids is 1. The van der Waals surface area contributed by atoms with Gasteiger partial charge in [0, 0.05) is 29.8 Å². The minimum absolute atomic E-state index is 0.0158. The summed E-state index contributed by atoms with van der Waals surface area (Å²) in [7, 11) is -14.3. The summed E-state index contributed by atoms with van der Waals surface area (Å²) < 4.78 is 106. The molecule has 5 aliphatic heterocycles. The van der Waals surface area contributed by atoms with Gasteiger partial charge in [0.15, 0.2) is 43.1 Å². The lowest BCUT2D eigenvalue weighted by Gasteiger charge is -2.56. The first-order valence-corrected chi connectivity index (χ1v) is 52.9. The maximum atomic E-state index is 15.8. The van der Waals surface area contributed by atoms with E-state index in [1.807, 2.05) is 30.3 Å². The van der Waals surface area contributed by atoms with Crippen LogP contribution in [0.3, 0.4) is 0 Å². The Balaban J connectivity index is 1.30. The van der Waals surface area contributed by atoms with E-state index >= 15 is 8.42 Å². The van der Waals surface area contributed by atoms with Gasteiger partial charge in [0.2, 0.25) is 0 Å². The number of aliphatic hydroxyl groups excluding tert-OH is 1. The second kappa shape index (κ2) is 35.3. The van der Waals surface area contributed by atoms with E-state index in [0.717, 1.165) is 61.1 Å². The lowest BCUT2D eigenvalue weighted by molar-refractivity contribution is -0.268. The summed E-state index contributed by atoms with van der Waals surface area (Å²) in [5.74, 6) is -0.392. The zero-order valence-corrected chi connectivity index (χ0v) is 73.1. The molecule has 2 aromatic rings. The van der Waals surface area contributed by atoms with Crippen molar-refractivity contribution in [1.29, 1.82) is 0 Å². The van der Waals surface area contributed by atoms with E-state index in [0.29, 0.717) is 56.1 Å². The Morgan fingerprint density at radius 1 is 0.720 bits per heavy atom. The van der Waals surface area contributed by atoms with Crippen LogP contribution in [0.5, 0.6) is 0 Å². The quantitative estimate of drug-likeness (QED) is 0.0231. The van der Waals surface area contributed by atoms with Crippen molar-refractivity contribution in [2.75, 3.05) is 11.0 Å². The SMILES string of the molecule is C=C(C)[C@H](C)C[C@H]1CC[C@@H]2OC(CCC(/C=C/[C@H](O[Si](C)(C)C(C)(C)C)[C@@H]3O[C@H]4CCC(CC(O)C([C@@H]5[C@@H](C)[C@@H](C[C@H](C)CC)O[C@H]5CCO[Si](CC)(CC)CC)S(=O)(=O)c5ccccc5)O[C@@H]4[C@H](O[Si](C)(C)C(C)(C)C)[C@@H]3O[Si](C)(C)C(C)(C)C)OC(=O)c3ccccc3)C[C@]2(CI)O1. The number of aliphatic hydroxyl groups is 1. The lowest BCUT2D eigenvalue weighted by Crippen LogP contribution is -2.69. The van der Waals surface area contributed by atoms with Gasteiger partial charge in [-0.1, -0.05) is 194 Å². The Labute approximate surface area is 625 Å². The van der Waals surface area contributed by atoms with E-state index in [4.69, 9.17) is 46.1 Å². The predicted octanol–water partition coefficient (Wildman–Crippen LogP) is 19.6. The zero-order valence-electron chi connectivity index (χ0n) is 66.2. The number of hydrogen-bond acceptors (Lipinski definition) is 14. The molecule has 5 unspecified atom stereocenters. The van der Waals surface area contributed by atoms with Crippen LogP contribution >= 0.6 is 22.6 Å². The van der Waals surface area contributed by atoms with Crippen molar-refractivity contribution >= 4 is 71.7 Å². The molecule has 0 aliphatic carbocycles. The topological polar surface area (TPSA) is 164 Å². The maximum Gasteiger partial charge on any atom is 0.338 e. The van der Waals surface area contributed by atoms with Gasteiger partial charge in [-0.3, -0.25) is 0 Å². The van der Waals surface area contributed by atoms with Crippen molar-refractivity contribution < 1.29 is 64.4 Å². The molecule has 7 rings (SSSR count). The van der Waals surface area contributed by atoms with Gasteiger partial charge in [0.1, 0.15) is 36.1 Å². The molecule has 1 N–H and O–H groups in total. The number of allylic oxidation sites excluding steroid dienone is 1. The van der Waals surface area contributed by atoms with Crippen LogP contribution in [-0.4, -0.2) is 160 Å². The number of ether oxygens (including phenoxy) is 6. The molecule has 570 valence electrons. The van der Waals surface area contributed by atoms with Crippen LogP contribution in [0, 0.1) is 23.7 Å². The van der Waals surface area contributed by atoms with E-state index < -0.39 is 127 Å². The average Bonchev–Trinajstić information content (AvgIpc) is 0.855. The van der Waals surface area contributed by atoms with Crippen LogP contribution in [0.15, 0.2) is 89.9 Å². The summed E-state index contributed by atoms with van der Waals surface area (Å²) in [6.07, 6.45) is 5.10. The monoisotopic (exact) mass is 1590 g/mol. The molecule has 14 nitrogen and oxygen atoms in total. The molecule has 0 amide bonds. The summed E-state index contributed by atoms with van der Waals surface area (Å²) >= 11 is 2.49. The van der Waals surface area contributed by atoms with Crippen LogP contribution in [0.1, 0.15) is 205 Å². The molecule has 5 fully saturated rings. The standard InChI is InChI=1S/C80H137IO14SSi4/c1-25-55(7)49-68-57(9)70(65(90-68)47-48-86-100(26-2,27-3)28-4)75(96(84,85)63-37-33-30-34-38-63)64(82)51-60-42-44-66-71(88-60)73(94-98(21,22)78(13,14)15)74(95-99(23,24)79(16,17)18)72(91-66)67(93-97(19,20)77(10,11)12)45-41-59(89-76(83)58-35-31-29-32-36-58)39-40-62-52-80(53-81)69(87-62)46-43-61(92-80)50-56(8)54(5)6/h29-38,41,45,55-57,59-62,64-75,82H,5,25-28,39-40,42-44,46-53H2,1-4,6-24H3/b45-41+/t55-,56-,57+,59?,60?,61-,62?,64?,65+,66+,67+,68-,69+,70-,71+,72+,73+,74-,75?,80-/m1/s1. The second-order valence-electron chi connectivity index (χ2n) is 35.6. The summed E-state index contributed by atoms with van der Waals surface area (Å²) in [6.45, 7) is 56.3. The summed E-state index contributed by atoms with van der Waals surface area (Å²) in [4.78, 5) is 14.6. The normalized spacial score (nSPS) is 30.1. The lowest BCUT2D eigenvalue weighted by atomic mass is 9.79. The van der Waals surface area contributed by atoms with E-state index in [-0.39, 0.29) is 56.8 Å². The molecule has 20 heteroatoms. The van der Waals surface area contributed by atoms with Gasteiger partial charge in [-0.05, 0) is 185 Å². The smallest absolute Gasteiger partial charge is 0.338 e. The third-order valence-electron chi connectivity index (χ3n) is 25.5. The third kappa shape index (κ3) is 20.9. The van der Waals surface area contributed by atoms with E-state index in [1.54, 1.807) is 36.4 Å². The third-order valence-corrected chi connectivity index (χ3v) is 47.1. The highest BCUT2D eigenvalue weighted by atomic mass is 127. The highest BCUT2D eigenvalue weighted by molar-refractivity contribution is 14.1. The molecular weight excluding hydrogens is 1460 g/mol. The van der Waals surface area contributed by atoms with Gasteiger partial charge in [0.05, 0.1) is 70.6 Å². The molecule has 0 radical (unpaired) electrons. The van der Waals surface area contributed by atoms with Crippen molar-refractivity contribution in [3.8, 4) is 0 Å². The molecule has 0 aromatic heterocycles. The van der Waals surface area contributed by atoms with E-state index in [2.05, 4.69) is 192 Å². The minimum Gasteiger partial charge on any atom is -0.455 e. The Bertz CT molecular complexity index is 3030. The number of esters is 1. The van der Waals surface area contributed by atoms with Crippen molar-refractivity contribution in [3.63, 3.8) is 0 Å². The first kappa shape index (κ1) is 85.8. The largest absolute Gasteiger partial charge is 0.455 e. The number of benzene rings is 2. The maximum absolute atomic E-state index is 15.8. The zero-order chi connectivity index (χ0) is 74.4. The molecule has 5 aliphatic rings. The number of rotatable bonds is 34. The predicted molar refractivity (Wildman–Crippen MR) is 426 cm³/mol. The van der Waals surface area contributed by atoms with Crippen LogP contribution in [0.2, 0.25) is 72.5 Å². The highest BCUT2D eigenvalue weighted by Gasteiger charge is 2.60. The molecule has 2 aromatic carbocycles. The fraction of sp³-hybridized carbons (Fsp3) is 0.787. The molecular formula is C80H137IO14SSi4. The van der Waals surface area contributed by atoms with Crippen molar-refractivity contribution in [2.45, 2.75) is 368 Å². The van der Waals surface area contributed by atoms with Crippen LogP contribution < -0.4 is 0 Å². The summed E-state index contributed by atoms with van der Waals surface area (Å²) in [5.41, 5.74) is 1.25. The minimum atomic E-state index is -4.18. The van der Waals surface area contributed by atoms with Crippen LogP contribution in [0.4, 0.5) is 0 Å². The molecule has 20 atom stereocenters. The van der Waals surface area contributed by atoms with Crippen molar-refractivity contribution in [1.82, 2.24) is 0 Å². The average molecular weight is 1590 g/mol. The fourth-order valence-corrected chi connectivity index (χ4v) is 24.8. The second-order valence-corrected chi connectivity index (χ2v) is 57.5. The van der Waals surface area contributed by atoms with E-state index in [1.165, 1.54) is 5.57 Å². The number of carbonyl (C=O) groups is 1. The summed E-state index contributed by atoms with van der Waals surface area (Å²) in [6, 6.07) is 20.9. The Morgan fingerprint density at radius 3 is 1.86 bits per heavy atom. The van der Waals surface area contributed by atoms with Gasteiger partial charge in [0.25, 0.3) is 0 Å². The van der Waals surface area contributed by atoms with Crippen molar-refractivity contribution in [2.24, 2.45) is 23.7 Å². The Morgan fingerprint density at radius 2 is 1.30 bits per heavy atom. The molecule has 0 saturated carbocycles. The summed E-state index contributed by atoms with van der Waals surface area (Å²) in [5, 5.41) is 11.4. The molecule has 0 bridgehead atoms. The van der Waals surface area contributed by atoms with Gasteiger partial charge in [-0.15, -0.1) is 0 Å². The van der Waals surface area contributed by atoms with Crippen LogP contribution in [0.25, 0.3) is 0 Å². The number of alkyl halides is 1. The van der Waals surface area contributed by atoms with Crippen LogP contribution in [-0.2, 0) is 56.0 Å². The Kier molecular flexibility index (Phi) is 30.3. The number of halogens is 1. The first-order chi connectivity index (χ1) is 46.5. The van der Waals surface area contributed by atoms with Crippen molar-refractivity contribution in [3.05, 3.63) is 90.5 Å². The number of hydrogen-bond donors (Lipinski definition) is 1. The fourth-order valence-electron chi connectivity index (χ4n) is 15.1. The highest BCUT2D eigenvalue weighted by Crippen LogP contribution is 2.51. The number of fused-ring (bicyclic) bond motifs is 2. The first-order valence-electron chi connectivity index (χ1n) is 38.6. The molecule has 0 spiro atoms. The van der Waals surface area contributed by atoms with Gasteiger partial charge in [-0.2, -0.15) is 0 Å². The van der Waals surface area contributed by atoms with Gasteiger partial charge < -0.3 is 51.2 Å². The van der Waals surface area contributed by atoms with E-state index in [9.17, 15) is 9.90 Å². The molecule has 100 heavy (non-hydrogen) atoms. The van der Waals surface area contributed by atoms with Gasteiger partial charge >= 0.3 is 5.97 Å². The molecule has 5 heterocycles. The van der Waals surface area contributed by atoms with Gasteiger partial charge in [-0.25, -0.2) is 13.2 Å².